The lowest BCUT2D eigenvalue weighted by Gasteiger charge is -2.23. The van der Waals surface area contributed by atoms with E-state index < -0.39 is 0 Å². The highest BCUT2D eigenvalue weighted by molar-refractivity contribution is 4.93. The van der Waals surface area contributed by atoms with Crippen molar-refractivity contribution in [3.8, 4) is 0 Å². The third-order valence-electron chi connectivity index (χ3n) is 5.75. The minimum absolute atomic E-state index is 0.0573. The quantitative estimate of drug-likeness (QED) is 0.235. The Balaban J connectivity index is 2.16. The van der Waals surface area contributed by atoms with Crippen LogP contribution >= 0.6 is 0 Å². The summed E-state index contributed by atoms with van der Waals surface area (Å²) in [6.07, 6.45) is 24.1. The van der Waals surface area contributed by atoms with Crippen LogP contribution in [0.4, 0.5) is 0 Å². The fourth-order valence-corrected chi connectivity index (χ4v) is 3.95. The highest BCUT2D eigenvalue weighted by Gasteiger charge is 2.28. The van der Waals surface area contributed by atoms with Gasteiger partial charge in [-0.15, -0.1) is 0 Å². The topological polar surface area (TPSA) is 38.7 Å². The summed E-state index contributed by atoms with van der Waals surface area (Å²) in [5.74, 6) is 1.04. The lowest BCUT2D eigenvalue weighted by molar-refractivity contribution is -0.0836. The number of aliphatic hydroxyl groups excluding tert-OH is 1. The molecule has 0 radical (unpaired) electrons. The number of hydrogen-bond acceptors (Lipinski definition) is 3. The van der Waals surface area contributed by atoms with Gasteiger partial charge in [0.05, 0.1) is 0 Å². The van der Waals surface area contributed by atoms with Gasteiger partial charge in [0.2, 0.25) is 6.29 Å². The average Bonchev–Trinajstić information content (AvgIpc) is 3.16. The lowest BCUT2D eigenvalue weighted by atomic mass is 9.93. The number of ether oxygens (including phenoxy) is 2. The Kier molecular flexibility index (Phi) is 15.7. The second kappa shape index (κ2) is 17.4. The van der Waals surface area contributed by atoms with Gasteiger partial charge in [0.25, 0.3) is 0 Å². The van der Waals surface area contributed by atoms with Crippen LogP contribution in [0.3, 0.4) is 0 Å². The molecular weight excluding hydrogens is 336 g/mol. The Morgan fingerprint density at radius 1 is 0.741 bits per heavy atom. The van der Waals surface area contributed by atoms with Crippen molar-refractivity contribution in [2.24, 2.45) is 5.92 Å². The van der Waals surface area contributed by atoms with Gasteiger partial charge in [0.15, 0.2) is 5.76 Å². The summed E-state index contributed by atoms with van der Waals surface area (Å²) < 4.78 is 11.5. The minimum atomic E-state index is -0.170. The van der Waals surface area contributed by atoms with Crippen molar-refractivity contribution in [1.29, 1.82) is 0 Å². The first-order chi connectivity index (χ1) is 13.3. The maximum atomic E-state index is 9.24. The van der Waals surface area contributed by atoms with Crippen LogP contribution < -0.4 is 0 Å². The van der Waals surface area contributed by atoms with Crippen LogP contribution in [0.15, 0.2) is 12.0 Å². The standard InChI is InChI=1S/C24H46O3/c1-3-5-7-9-11-12-13-15-17-19-22(18-16-14-10-8-6-4-2)24-26-21-23(20-25)27-24/h21-22,24-25H,3-20H2,1-2H3. The Hall–Kier alpha value is -0.700. The third-order valence-corrected chi connectivity index (χ3v) is 5.75. The van der Waals surface area contributed by atoms with Gasteiger partial charge in [-0.2, -0.15) is 0 Å². The molecule has 0 fully saturated rings. The van der Waals surface area contributed by atoms with Gasteiger partial charge in [-0.05, 0) is 12.8 Å². The van der Waals surface area contributed by atoms with Crippen molar-refractivity contribution in [3.63, 3.8) is 0 Å². The van der Waals surface area contributed by atoms with Gasteiger partial charge in [-0.1, -0.05) is 110 Å². The van der Waals surface area contributed by atoms with Crippen LogP contribution in [-0.4, -0.2) is 18.0 Å². The zero-order valence-corrected chi connectivity index (χ0v) is 18.2. The van der Waals surface area contributed by atoms with E-state index in [0.717, 1.165) is 0 Å². The highest BCUT2D eigenvalue weighted by Crippen LogP contribution is 2.29. The summed E-state index contributed by atoms with van der Waals surface area (Å²) in [4.78, 5) is 0. The van der Waals surface area contributed by atoms with E-state index in [1.807, 2.05) is 0 Å². The Morgan fingerprint density at radius 2 is 1.19 bits per heavy atom. The normalized spacial score (nSPS) is 17.4. The summed E-state index contributed by atoms with van der Waals surface area (Å²) in [6.45, 7) is 4.48. The maximum Gasteiger partial charge on any atom is 0.243 e. The summed E-state index contributed by atoms with van der Waals surface area (Å²) in [7, 11) is 0. The molecular formula is C24H46O3. The molecule has 1 N–H and O–H groups in total. The maximum absolute atomic E-state index is 9.24. The molecule has 1 aliphatic heterocycles. The number of rotatable bonds is 19. The van der Waals surface area contributed by atoms with Gasteiger partial charge >= 0.3 is 0 Å². The van der Waals surface area contributed by atoms with Crippen molar-refractivity contribution in [3.05, 3.63) is 12.0 Å². The second-order valence-corrected chi connectivity index (χ2v) is 8.30. The summed E-state index contributed by atoms with van der Waals surface area (Å²) in [5, 5.41) is 9.24. The Morgan fingerprint density at radius 3 is 1.59 bits per heavy atom. The molecule has 0 amide bonds. The molecule has 0 saturated heterocycles. The molecule has 0 bridgehead atoms. The Labute approximate surface area is 168 Å². The molecule has 0 aromatic heterocycles. The van der Waals surface area contributed by atoms with Gasteiger partial charge in [0.1, 0.15) is 12.9 Å². The molecule has 0 saturated carbocycles. The van der Waals surface area contributed by atoms with Crippen molar-refractivity contribution in [1.82, 2.24) is 0 Å². The van der Waals surface area contributed by atoms with E-state index in [0.29, 0.717) is 11.7 Å². The van der Waals surface area contributed by atoms with E-state index in [2.05, 4.69) is 13.8 Å². The van der Waals surface area contributed by atoms with Crippen molar-refractivity contribution in [2.45, 2.75) is 129 Å². The molecule has 0 aromatic carbocycles. The SMILES string of the molecule is CCCCCCCCCCCC(CCCCCCCC)C1OC=C(CO)O1. The Bertz CT molecular complexity index is 354. The molecule has 0 aliphatic carbocycles. The number of aliphatic hydroxyl groups is 1. The van der Waals surface area contributed by atoms with Gasteiger partial charge < -0.3 is 14.6 Å². The lowest BCUT2D eigenvalue weighted by Crippen LogP contribution is -2.22. The van der Waals surface area contributed by atoms with Crippen molar-refractivity contribution >= 4 is 0 Å². The van der Waals surface area contributed by atoms with Crippen LogP contribution in [-0.2, 0) is 9.47 Å². The molecule has 1 heterocycles. The first-order valence-corrected chi connectivity index (χ1v) is 11.9. The number of hydrogen-bond donors (Lipinski definition) is 1. The van der Waals surface area contributed by atoms with E-state index in [4.69, 9.17) is 9.47 Å². The molecule has 1 aliphatic rings. The van der Waals surface area contributed by atoms with E-state index >= 15 is 0 Å². The van der Waals surface area contributed by atoms with Crippen LogP contribution in [0.2, 0.25) is 0 Å². The van der Waals surface area contributed by atoms with E-state index in [9.17, 15) is 5.11 Å². The van der Waals surface area contributed by atoms with Crippen LogP contribution in [0.1, 0.15) is 123 Å². The molecule has 0 spiro atoms. The number of unbranched alkanes of at least 4 members (excludes halogenated alkanes) is 13. The van der Waals surface area contributed by atoms with E-state index in [1.165, 1.54) is 109 Å². The first-order valence-electron chi connectivity index (χ1n) is 11.9. The summed E-state index contributed by atoms with van der Waals surface area (Å²) in [5.41, 5.74) is 0. The van der Waals surface area contributed by atoms with Crippen molar-refractivity contribution in [2.75, 3.05) is 6.61 Å². The summed E-state index contributed by atoms with van der Waals surface area (Å²) in [6, 6.07) is 0. The third kappa shape index (κ3) is 12.4. The second-order valence-electron chi connectivity index (χ2n) is 8.30. The first kappa shape index (κ1) is 24.3. The monoisotopic (exact) mass is 382 g/mol. The largest absolute Gasteiger partial charge is 0.459 e. The highest BCUT2D eigenvalue weighted by atomic mass is 16.7. The van der Waals surface area contributed by atoms with Gasteiger partial charge in [0, 0.05) is 5.92 Å². The molecule has 3 heteroatoms. The zero-order chi connectivity index (χ0) is 19.6. The minimum Gasteiger partial charge on any atom is -0.459 e. The fourth-order valence-electron chi connectivity index (χ4n) is 3.95. The smallest absolute Gasteiger partial charge is 0.243 e. The van der Waals surface area contributed by atoms with E-state index in [-0.39, 0.29) is 12.9 Å². The van der Waals surface area contributed by atoms with Crippen LogP contribution in [0.5, 0.6) is 0 Å². The molecule has 0 aromatic rings. The zero-order valence-electron chi connectivity index (χ0n) is 18.2. The van der Waals surface area contributed by atoms with Crippen molar-refractivity contribution < 1.29 is 14.6 Å². The fraction of sp³-hybridized carbons (Fsp3) is 0.917. The van der Waals surface area contributed by atoms with E-state index in [1.54, 1.807) is 6.26 Å². The van der Waals surface area contributed by atoms with Crippen LogP contribution in [0, 0.1) is 5.92 Å². The average molecular weight is 383 g/mol. The predicted molar refractivity (Wildman–Crippen MR) is 114 cm³/mol. The van der Waals surface area contributed by atoms with Gasteiger partial charge in [-0.25, -0.2) is 0 Å². The predicted octanol–water partition coefficient (Wildman–Crippen LogP) is 7.48. The molecule has 160 valence electrons. The van der Waals surface area contributed by atoms with Crippen LogP contribution in [0.25, 0.3) is 0 Å². The molecule has 2 atom stereocenters. The molecule has 27 heavy (non-hydrogen) atoms. The molecule has 3 nitrogen and oxygen atoms in total. The molecule has 1 rings (SSSR count). The van der Waals surface area contributed by atoms with Gasteiger partial charge in [-0.3, -0.25) is 0 Å². The summed E-state index contributed by atoms with van der Waals surface area (Å²) >= 11 is 0. The molecule has 2 unspecified atom stereocenters.